The summed E-state index contributed by atoms with van der Waals surface area (Å²) in [5, 5.41) is 12.5. The maximum atomic E-state index is 9.07. The van der Waals surface area contributed by atoms with Crippen molar-refractivity contribution >= 4 is 5.82 Å². The van der Waals surface area contributed by atoms with Gasteiger partial charge in [-0.05, 0) is 70.6 Å². The summed E-state index contributed by atoms with van der Waals surface area (Å²) < 4.78 is 5.56. The summed E-state index contributed by atoms with van der Waals surface area (Å²) in [6.07, 6.45) is 9.68. The number of hydrogen-bond acceptors (Lipinski definition) is 5. The first-order valence-corrected chi connectivity index (χ1v) is 11.8. The van der Waals surface area contributed by atoms with Crippen LogP contribution in [-0.4, -0.2) is 34.3 Å². The molecular formula is C27H47N3O2. The highest BCUT2D eigenvalue weighted by Gasteiger charge is 2.10. The number of nitrogens with one attached hydrogen (secondary N) is 1. The highest BCUT2D eigenvalue weighted by atomic mass is 16.5. The summed E-state index contributed by atoms with van der Waals surface area (Å²) in [5.41, 5.74) is 3.67. The first-order valence-electron chi connectivity index (χ1n) is 11.8. The van der Waals surface area contributed by atoms with Gasteiger partial charge in [0, 0.05) is 24.4 Å². The SMILES string of the molecule is C.CCCC[C@@H](CCO)Nc1nc(C)ncc1C.CCCCc1ccc(C)c(OCC)c1. The molecule has 2 N–H and O–H groups in total. The smallest absolute Gasteiger partial charge is 0.132 e. The van der Waals surface area contributed by atoms with Crippen molar-refractivity contribution in [2.45, 2.75) is 100.0 Å². The maximum Gasteiger partial charge on any atom is 0.132 e. The van der Waals surface area contributed by atoms with E-state index in [1.165, 1.54) is 36.8 Å². The Morgan fingerprint density at radius 2 is 1.72 bits per heavy atom. The van der Waals surface area contributed by atoms with Crippen molar-refractivity contribution in [1.82, 2.24) is 9.97 Å². The van der Waals surface area contributed by atoms with E-state index >= 15 is 0 Å². The van der Waals surface area contributed by atoms with Crippen LogP contribution in [0.1, 0.15) is 89.2 Å². The van der Waals surface area contributed by atoms with Crippen LogP contribution in [0.4, 0.5) is 5.82 Å². The predicted octanol–water partition coefficient (Wildman–Crippen LogP) is 6.82. The van der Waals surface area contributed by atoms with Gasteiger partial charge in [-0.15, -0.1) is 0 Å². The van der Waals surface area contributed by atoms with Gasteiger partial charge in [-0.1, -0.05) is 52.7 Å². The Morgan fingerprint density at radius 1 is 1.00 bits per heavy atom. The molecule has 5 nitrogen and oxygen atoms in total. The van der Waals surface area contributed by atoms with Crippen molar-refractivity contribution in [3.8, 4) is 5.75 Å². The van der Waals surface area contributed by atoms with Crippen molar-refractivity contribution in [3.63, 3.8) is 0 Å². The van der Waals surface area contributed by atoms with Gasteiger partial charge in [-0.2, -0.15) is 0 Å². The van der Waals surface area contributed by atoms with Crippen LogP contribution in [0.15, 0.2) is 24.4 Å². The molecule has 2 rings (SSSR count). The summed E-state index contributed by atoms with van der Waals surface area (Å²) in [7, 11) is 0. The third kappa shape index (κ3) is 11.5. The Morgan fingerprint density at radius 3 is 2.34 bits per heavy atom. The molecule has 5 heteroatoms. The van der Waals surface area contributed by atoms with E-state index in [2.05, 4.69) is 54.3 Å². The molecule has 0 amide bonds. The molecule has 0 aliphatic rings. The average molecular weight is 446 g/mol. The Kier molecular flexibility index (Phi) is 16.3. The molecule has 1 aromatic heterocycles. The molecule has 1 heterocycles. The maximum absolute atomic E-state index is 9.07. The van der Waals surface area contributed by atoms with Gasteiger partial charge in [0.2, 0.25) is 0 Å². The number of unbranched alkanes of at least 4 members (excludes halogenated alkanes) is 2. The van der Waals surface area contributed by atoms with Gasteiger partial charge in [-0.25, -0.2) is 9.97 Å². The average Bonchev–Trinajstić information content (AvgIpc) is 2.76. The van der Waals surface area contributed by atoms with Crippen molar-refractivity contribution in [1.29, 1.82) is 0 Å². The third-order valence-corrected chi connectivity index (χ3v) is 5.19. The second-order valence-corrected chi connectivity index (χ2v) is 8.08. The molecule has 2 aromatic rings. The predicted molar refractivity (Wildman–Crippen MR) is 138 cm³/mol. The van der Waals surface area contributed by atoms with E-state index < -0.39 is 0 Å². The number of rotatable bonds is 12. The van der Waals surface area contributed by atoms with Crippen LogP contribution < -0.4 is 10.1 Å². The summed E-state index contributed by atoms with van der Waals surface area (Å²) in [5.74, 6) is 2.71. The van der Waals surface area contributed by atoms with Gasteiger partial charge in [0.15, 0.2) is 0 Å². The first-order chi connectivity index (χ1) is 14.9. The number of ether oxygens (including phenoxy) is 1. The summed E-state index contributed by atoms with van der Waals surface area (Å²) in [6, 6.07) is 6.82. The lowest BCUT2D eigenvalue weighted by molar-refractivity contribution is 0.276. The normalized spacial score (nSPS) is 11.1. The van der Waals surface area contributed by atoms with Crippen molar-refractivity contribution in [3.05, 3.63) is 46.9 Å². The highest BCUT2D eigenvalue weighted by Crippen LogP contribution is 2.20. The molecule has 0 unspecified atom stereocenters. The zero-order valence-electron chi connectivity index (χ0n) is 20.5. The lowest BCUT2D eigenvalue weighted by atomic mass is 10.1. The quantitative estimate of drug-likeness (QED) is 0.375. The van der Waals surface area contributed by atoms with Gasteiger partial charge in [0.05, 0.1) is 6.61 Å². The molecule has 1 atom stereocenters. The minimum Gasteiger partial charge on any atom is -0.494 e. The highest BCUT2D eigenvalue weighted by molar-refractivity contribution is 5.42. The van der Waals surface area contributed by atoms with E-state index in [0.29, 0.717) is 6.04 Å². The van der Waals surface area contributed by atoms with E-state index in [4.69, 9.17) is 9.84 Å². The standard InChI is InChI=1S/C13H23N3O.C13H20O.CH4/c1-4-5-6-12(7-8-17)16-13-10(2)9-14-11(3)15-13;1-4-6-7-12-9-8-11(3)13(10-12)14-5-2;/h9,12,17H,4-8H2,1-3H3,(H,14,15,16);8-10H,4-7H2,1-3H3;1H4/t12-;;/m0../s1. The monoisotopic (exact) mass is 445 g/mol. The van der Waals surface area contributed by atoms with E-state index in [-0.39, 0.29) is 14.0 Å². The number of anilines is 1. The fourth-order valence-corrected chi connectivity index (χ4v) is 3.26. The number of benzene rings is 1. The molecule has 32 heavy (non-hydrogen) atoms. The lowest BCUT2D eigenvalue weighted by Gasteiger charge is -2.19. The van der Waals surface area contributed by atoms with Gasteiger partial charge in [0.1, 0.15) is 17.4 Å². The molecule has 182 valence electrons. The molecule has 0 spiro atoms. The lowest BCUT2D eigenvalue weighted by Crippen LogP contribution is -2.22. The summed E-state index contributed by atoms with van der Waals surface area (Å²) >= 11 is 0. The van der Waals surface area contributed by atoms with Crippen LogP contribution in [0.5, 0.6) is 5.75 Å². The number of aliphatic hydroxyl groups is 1. The number of nitrogens with zero attached hydrogens (tertiary/aromatic N) is 2. The largest absolute Gasteiger partial charge is 0.494 e. The number of hydrogen-bond donors (Lipinski definition) is 2. The van der Waals surface area contributed by atoms with Gasteiger partial charge in [0.25, 0.3) is 0 Å². The molecule has 0 saturated heterocycles. The number of aromatic nitrogens is 2. The van der Waals surface area contributed by atoms with E-state index in [9.17, 15) is 0 Å². The van der Waals surface area contributed by atoms with Crippen LogP contribution in [0.2, 0.25) is 0 Å². The zero-order valence-corrected chi connectivity index (χ0v) is 20.5. The molecule has 0 radical (unpaired) electrons. The van der Waals surface area contributed by atoms with Crippen LogP contribution >= 0.6 is 0 Å². The second-order valence-electron chi connectivity index (χ2n) is 8.08. The Balaban J connectivity index is 0.000000592. The van der Waals surface area contributed by atoms with Crippen molar-refractivity contribution in [2.75, 3.05) is 18.5 Å². The molecule has 0 aliphatic carbocycles. The van der Waals surface area contributed by atoms with Gasteiger partial charge >= 0.3 is 0 Å². The van der Waals surface area contributed by atoms with Gasteiger partial charge in [-0.3, -0.25) is 0 Å². The summed E-state index contributed by atoms with van der Waals surface area (Å²) in [4.78, 5) is 8.55. The Hall–Kier alpha value is -2.14. The van der Waals surface area contributed by atoms with Crippen LogP contribution in [0.25, 0.3) is 0 Å². The minimum absolute atomic E-state index is 0. The van der Waals surface area contributed by atoms with Crippen LogP contribution in [0, 0.1) is 20.8 Å². The molecule has 1 aromatic carbocycles. The Bertz CT molecular complexity index is 750. The Labute approximate surface area is 197 Å². The molecule has 0 fully saturated rings. The molecule has 0 saturated carbocycles. The zero-order chi connectivity index (χ0) is 23.1. The van der Waals surface area contributed by atoms with E-state index in [1.807, 2.05) is 27.0 Å². The van der Waals surface area contributed by atoms with Crippen LogP contribution in [-0.2, 0) is 6.42 Å². The fourth-order valence-electron chi connectivity index (χ4n) is 3.26. The second kappa shape index (κ2) is 17.4. The van der Waals surface area contributed by atoms with Crippen LogP contribution in [0.3, 0.4) is 0 Å². The van der Waals surface area contributed by atoms with Crippen molar-refractivity contribution < 1.29 is 9.84 Å². The van der Waals surface area contributed by atoms with E-state index in [0.717, 1.165) is 48.8 Å². The molecule has 0 bridgehead atoms. The molecular weight excluding hydrogens is 398 g/mol. The van der Waals surface area contributed by atoms with E-state index in [1.54, 1.807) is 0 Å². The minimum atomic E-state index is 0. The topological polar surface area (TPSA) is 67.3 Å². The summed E-state index contributed by atoms with van der Waals surface area (Å²) in [6.45, 7) is 13.4. The third-order valence-electron chi connectivity index (χ3n) is 5.19. The number of aryl methyl sites for hydroxylation is 4. The number of aliphatic hydroxyl groups excluding tert-OH is 1. The fraction of sp³-hybridized carbons (Fsp3) is 0.630. The first kappa shape index (κ1) is 29.9. The van der Waals surface area contributed by atoms with Crippen molar-refractivity contribution in [2.24, 2.45) is 0 Å². The molecule has 0 aliphatic heterocycles. The van der Waals surface area contributed by atoms with Gasteiger partial charge < -0.3 is 15.2 Å².